The third-order valence-electron chi connectivity index (χ3n) is 2.36. The van der Waals surface area contributed by atoms with Crippen molar-refractivity contribution in [2.24, 2.45) is 5.10 Å². The molecule has 0 saturated carbocycles. The molecule has 0 aliphatic rings. The lowest BCUT2D eigenvalue weighted by atomic mass is 10.2. The van der Waals surface area contributed by atoms with Crippen LogP contribution in [0.4, 0.5) is 0 Å². The maximum atomic E-state index is 11.8. The fourth-order valence-corrected chi connectivity index (χ4v) is 1.59. The molecule has 0 aromatic heterocycles. The van der Waals surface area contributed by atoms with Gasteiger partial charge >= 0.3 is 5.97 Å². The first kappa shape index (κ1) is 16.7. The molecule has 1 aromatic rings. The van der Waals surface area contributed by atoms with Gasteiger partial charge in [0.15, 0.2) is 0 Å². The molecule has 112 valence electrons. The van der Waals surface area contributed by atoms with E-state index in [9.17, 15) is 14.7 Å². The van der Waals surface area contributed by atoms with Gasteiger partial charge in [-0.15, -0.1) is 0 Å². The van der Waals surface area contributed by atoms with E-state index in [2.05, 4.69) is 10.5 Å². The molecule has 0 radical (unpaired) electrons. The Hall–Kier alpha value is -2.34. The second-order valence-corrected chi connectivity index (χ2v) is 4.31. The highest BCUT2D eigenvalue weighted by Crippen LogP contribution is 2.14. The van der Waals surface area contributed by atoms with E-state index < -0.39 is 11.9 Å². The first-order valence-corrected chi connectivity index (χ1v) is 6.50. The van der Waals surface area contributed by atoms with Crippen molar-refractivity contribution in [1.82, 2.24) is 5.43 Å². The molecule has 21 heavy (non-hydrogen) atoms. The van der Waals surface area contributed by atoms with Crippen LogP contribution >= 0.6 is 11.6 Å². The Bertz CT molecular complexity index is 592. The van der Waals surface area contributed by atoms with E-state index in [1.165, 1.54) is 13.0 Å². The second-order valence-electron chi connectivity index (χ2n) is 3.90. The maximum absolute atomic E-state index is 11.8. The summed E-state index contributed by atoms with van der Waals surface area (Å²) in [5.41, 5.74) is 2.32. The van der Waals surface area contributed by atoms with Crippen LogP contribution in [0.2, 0.25) is 5.02 Å². The van der Waals surface area contributed by atoms with Crippen molar-refractivity contribution in [3.8, 4) is 0 Å². The number of ether oxygens (including phenoxy) is 1. The number of carbonyl (C=O) groups is 2. The first-order chi connectivity index (χ1) is 9.97. The molecule has 2 N–H and O–H groups in total. The lowest BCUT2D eigenvalue weighted by Gasteiger charge is -2.04. The molecule has 0 heterocycles. The van der Waals surface area contributed by atoms with Crippen LogP contribution < -0.4 is 5.43 Å². The van der Waals surface area contributed by atoms with E-state index >= 15 is 0 Å². The number of esters is 1. The zero-order valence-electron chi connectivity index (χ0n) is 11.6. The van der Waals surface area contributed by atoms with E-state index in [1.807, 2.05) is 0 Å². The van der Waals surface area contributed by atoms with Crippen LogP contribution in [0.5, 0.6) is 0 Å². The van der Waals surface area contributed by atoms with Gasteiger partial charge in [0.1, 0.15) is 11.3 Å². The molecule has 7 heteroatoms. The van der Waals surface area contributed by atoms with Gasteiger partial charge in [-0.3, -0.25) is 4.79 Å². The molecule has 0 fully saturated rings. The number of halogens is 1. The third-order valence-corrected chi connectivity index (χ3v) is 2.69. The van der Waals surface area contributed by atoms with Crippen molar-refractivity contribution in [2.75, 3.05) is 6.61 Å². The molecule has 6 nitrogen and oxygen atoms in total. The summed E-state index contributed by atoms with van der Waals surface area (Å²) in [5, 5.41) is 13.3. The van der Waals surface area contributed by atoms with Crippen LogP contribution in [0, 0.1) is 0 Å². The predicted molar refractivity (Wildman–Crippen MR) is 79.4 cm³/mol. The largest absolute Gasteiger partial charge is 0.512 e. The molecule has 0 aliphatic carbocycles. The van der Waals surface area contributed by atoms with Gasteiger partial charge in [0.05, 0.1) is 23.4 Å². The van der Waals surface area contributed by atoms with Gasteiger partial charge in [-0.25, -0.2) is 10.2 Å². The van der Waals surface area contributed by atoms with Gasteiger partial charge in [-0.1, -0.05) is 23.7 Å². The van der Waals surface area contributed by atoms with E-state index in [1.54, 1.807) is 25.1 Å². The van der Waals surface area contributed by atoms with Crippen molar-refractivity contribution in [3.05, 3.63) is 46.2 Å². The van der Waals surface area contributed by atoms with E-state index in [0.717, 1.165) is 6.21 Å². The summed E-state index contributed by atoms with van der Waals surface area (Å²) in [5.74, 6) is -1.52. The SMILES string of the molecule is CCOC(=O)C(C=NNC(=O)c1ccccc1Cl)=C(C)O. The number of allylic oxidation sites excluding steroid dienone is 1. The smallest absolute Gasteiger partial charge is 0.343 e. The number of hydrogen-bond donors (Lipinski definition) is 2. The summed E-state index contributed by atoms with van der Waals surface area (Å²) < 4.78 is 4.74. The number of carbonyl (C=O) groups excluding carboxylic acids is 2. The van der Waals surface area contributed by atoms with Crippen LogP contribution in [0.25, 0.3) is 0 Å². The highest BCUT2D eigenvalue weighted by Gasteiger charge is 2.13. The Balaban J connectivity index is 2.77. The molecule has 1 rings (SSSR count). The summed E-state index contributed by atoms with van der Waals surface area (Å²) >= 11 is 5.87. The highest BCUT2D eigenvalue weighted by molar-refractivity contribution is 6.33. The second kappa shape index (κ2) is 8.06. The quantitative estimate of drug-likeness (QED) is 0.287. The molecule has 0 atom stereocenters. The number of nitrogens with zero attached hydrogens (tertiary/aromatic N) is 1. The van der Waals surface area contributed by atoms with Gasteiger partial charge in [0.25, 0.3) is 5.91 Å². The van der Waals surface area contributed by atoms with Crippen molar-refractivity contribution in [1.29, 1.82) is 0 Å². The summed E-state index contributed by atoms with van der Waals surface area (Å²) in [4.78, 5) is 23.3. The summed E-state index contributed by atoms with van der Waals surface area (Å²) in [6.07, 6.45) is 1.02. The average molecular weight is 311 g/mol. The number of nitrogens with one attached hydrogen (secondary N) is 1. The minimum Gasteiger partial charge on any atom is -0.512 e. The minimum atomic E-state index is -0.728. The maximum Gasteiger partial charge on any atom is 0.343 e. The Morgan fingerprint density at radius 1 is 1.43 bits per heavy atom. The molecule has 1 aromatic carbocycles. The van der Waals surface area contributed by atoms with Crippen molar-refractivity contribution < 1.29 is 19.4 Å². The number of hydrazone groups is 1. The fraction of sp³-hybridized carbons (Fsp3) is 0.214. The third kappa shape index (κ3) is 4.92. The minimum absolute atomic E-state index is 0.142. The normalized spacial score (nSPS) is 12.0. The van der Waals surface area contributed by atoms with Crippen molar-refractivity contribution >= 4 is 29.7 Å². The molecular weight excluding hydrogens is 296 g/mol. The van der Waals surface area contributed by atoms with Crippen LogP contribution in [-0.2, 0) is 9.53 Å². The van der Waals surface area contributed by atoms with Crippen LogP contribution in [0.3, 0.4) is 0 Å². The number of amides is 1. The Morgan fingerprint density at radius 3 is 2.67 bits per heavy atom. The number of benzene rings is 1. The zero-order valence-corrected chi connectivity index (χ0v) is 12.3. The Labute approximate surface area is 127 Å². The summed E-state index contributed by atoms with van der Waals surface area (Å²) in [7, 11) is 0. The summed E-state index contributed by atoms with van der Waals surface area (Å²) in [6.45, 7) is 3.11. The molecule has 0 unspecified atom stereocenters. The number of aliphatic hydroxyl groups excluding tert-OH is 1. The molecule has 0 spiro atoms. The zero-order chi connectivity index (χ0) is 15.8. The van der Waals surface area contributed by atoms with Crippen molar-refractivity contribution in [2.45, 2.75) is 13.8 Å². The van der Waals surface area contributed by atoms with Gasteiger partial charge in [0.2, 0.25) is 0 Å². The first-order valence-electron chi connectivity index (χ1n) is 6.12. The van der Waals surface area contributed by atoms with Gasteiger partial charge in [-0.2, -0.15) is 5.10 Å². The molecule has 1 amide bonds. The lowest BCUT2D eigenvalue weighted by molar-refractivity contribution is -0.138. The van der Waals surface area contributed by atoms with Crippen molar-refractivity contribution in [3.63, 3.8) is 0 Å². The average Bonchev–Trinajstić information content (AvgIpc) is 2.43. The van der Waals surface area contributed by atoms with Gasteiger partial charge < -0.3 is 9.84 Å². The van der Waals surface area contributed by atoms with E-state index in [0.29, 0.717) is 0 Å². The number of aliphatic hydroxyl groups is 1. The Kier molecular flexibility index (Phi) is 6.42. The monoisotopic (exact) mass is 310 g/mol. The predicted octanol–water partition coefficient (Wildman–Crippen LogP) is 2.45. The van der Waals surface area contributed by atoms with Gasteiger partial charge in [-0.05, 0) is 26.0 Å². The van der Waals surface area contributed by atoms with Crippen LogP contribution in [-0.4, -0.2) is 29.8 Å². The van der Waals surface area contributed by atoms with E-state index in [4.69, 9.17) is 16.3 Å². The Morgan fingerprint density at radius 2 is 2.10 bits per heavy atom. The highest BCUT2D eigenvalue weighted by atomic mass is 35.5. The molecular formula is C14H15ClN2O4. The van der Waals surface area contributed by atoms with Gasteiger partial charge in [0, 0.05) is 0 Å². The summed E-state index contributed by atoms with van der Waals surface area (Å²) in [6, 6.07) is 6.46. The van der Waals surface area contributed by atoms with Crippen LogP contribution in [0.15, 0.2) is 40.7 Å². The number of hydrogen-bond acceptors (Lipinski definition) is 5. The fourth-order valence-electron chi connectivity index (χ4n) is 1.36. The van der Waals surface area contributed by atoms with E-state index in [-0.39, 0.29) is 28.5 Å². The lowest BCUT2D eigenvalue weighted by Crippen LogP contribution is -2.19. The molecule has 0 bridgehead atoms. The number of rotatable bonds is 5. The van der Waals surface area contributed by atoms with Crippen LogP contribution in [0.1, 0.15) is 24.2 Å². The molecule has 0 saturated heterocycles. The molecule has 0 aliphatic heterocycles. The standard InChI is InChI=1S/C14H15ClN2O4/c1-3-21-14(20)11(9(2)18)8-16-17-13(19)10-6-4-5-7-12(10)15/h4-8,18H,3H2,1-2H3,(H,17,19). The topological polar surface area (TPSA) is 88.0 Å².